The van der Waals surface area contributed by atoms with Crippen LogP contribution < -0.4 is 25.0 Å². The lowest BCUT2D eigenvalue weighted by molar-refractivity contribution is -0.126. The number of carbonyl (C=O) groups excluding carboxylic acids is 1. The number of fused-ring (bicyclic) bond motifs is 1. The minimum atomic E-state index is -2.72. The maximum atomic E-state index is 15.4. The Morgan fingerprint density at radius 3 is 2.65 bits per heavy atom. The van der Waals surface area contributed by atoms with Gasteiger partial charge in [0.2, 0.25) is 5.91 Å². The monoisotopic (exact) mass is 634 g/mol. The van der Waals surface area contributed by atoms with Gasteiger partial charge in [0.25, 0.3) is 0 Å². The summed E-state index contributed by atoms with van der Waals surface area (Å²) < 4.78 is 69.1. The molecule has 6 rings (SSSR count). The number of nitrogens with one attached hydrogen (secondary N) is 2. The third-order valence-corrected chi connectivity index (χ3v) is 8.16. The zero-order valence-electron chi connectivity index (χ0n) is 28.1. The smallest absolute Gasteiger partial charge is 0.245 e. The highest BCUT2D eigenvalue weighted by molar-refractivity contribution is 5.95. The molecule has 1 amide bonds. The minimum Gasteiger partial charge on any atom is -0.495 e. The fourth-order valence-corrected chi connectivity index (χ4v) is 5.68. The van der Waals surface area contributed by atoms with Crippen molar-refractivity contribution in [1.29, 1.82) is 0 Å². The van der Waals surface area contributed by atoms with E-state index in [2.05, 4.69) is 32.2 Å². The van der Waals surface area contributed by atoms with Crippen molar-refractivity contribution in [3.8, 4) is 17.2 Å². The average molecular weight is 635 g/mol. The zero-order valence-corrected chi connectivity index (χ0v) is 25.1. The van der Waals surface area contributed by atoms with Gasteiger partial charge < -0.3 is 34.6 Å². The predicted octanol–water partition coefficient (Wildman–Crippen LogP) is 5.47. The van der Waals surface area contributed by atoms with Crippen molar-refractivity contribution in [1.82, 2.24) is 19.9 Å². The summed E-state index contributed by atoms with van der Waals surface area (Å²) in [5.74, 6) is 0.727. The first-order valence-electron chi connectivity index (χ1n) is 16.3. The SMILES string of the molecule is [2H]C([2H])([2H])Oc1cc2ncnc(Nc3ccc(Oc4ccnc(N5C[C@@H](F)[C@H](OC)C5)c4)cc3F)c2cc1NC1CCN(C(=O)C=C)CC1. The van der Waals surface area contributed by atoms with Crippen LogP contribution in [0, 0.1) is 5.82 Å². The van der Waals surface area contributed by atoms with E-state index < -0.39 is 25.1 Å². The van der Waals surface area contributed by atoms with Crippen molar-refractivity contribution < 1.29 is 31.9 Å². The summed E-state index contributed by atoms with van der Waals surface area (Å²) in [5, 5.41) is 6.85. The van der Waals surface area contributed by atoms with E-state index in [1.165, 1.54) is 43.9 Å². The van der Waals surface area contributed by atoms with E-state index in [1.54, 1.807) is 34.1 Å². The van der Waals surface area contributed by atoms with Crippen molar-refractivity contribution in [3.63, 3.8) is 0 Å². The van der Waals surface area contributed by atoms with Gasteiger partial charge in [-0.15, -0.1) is 0 Å². The van der Waals surface area contributed by atoms with Gasteiger partial charge in [0.05, 0.1) is 34.6 Å². The molecule has 2 N–H and O–H groups in total. The van der Waals surface area contributed by atoms with Crippen molar-refractivity contribution >= 4 is 39.8 Å². The number of alkyl halides is 1. The predicted molar refractivity (Wildman–Crippen MR) is 171 cm³/mol. The van der Waals surface area contributed by atoms with Gasteiger partial charge in [-0.25, -0.2) is 23.7 Å². The molecule has 0 unspecified atom stereocenters. The molecule has 13 heteroatoms. The van der Waals surface area contributed by atoms with Gasteiger partial charge in [-0.1, -0.05) is 6.58 Å². The van der Waals surface area contributed by atoms with Crippen LogP contribution in [0.1, 0.15) is 17.0 Å². The van der Waals surface area contributed by atoms with Crippen molar-refractivity contribution in [2.45, 2.75) is 31.2 Å². The lowest BCUT2D eigenvalue weighted by Crippen LogP contribution is -2.41. The largest absolute Gasteiger partial charge is 0.495 e. The number of pyridine rings is 1. The van der Waals surface area contributed by atoms with E-state index in [0.717, 1.165) is 0 Å². The van der Waals surface area contributed by atoms with Crippen molar-refractivity contribution in [2.24, 2.45) is 0 Å². The first kappa shape index (κ1) is 27.3. The quantitative estimate of drug-likeness (QED) is 0.218. The summed E-state index contributed by atoms with van der Waals surface area (Å²) >= 11 is 0. The van der Waals surface area contributed by atoms with Crippen LogP contribution in [-0.4, -0.2) is 84.4 Å². The normalized spacial score (nSPS) is 19.7. The maximum Gasteiger partial charge on any atom is 0.245 e. The number of anilines is 4. The van der Waals surface area contributed by atoms with Gasteiger partial charge in [-0.05, 0) is 43.2 Å². The molecule has 2 saturated heterocycles. The highest BCUT2D eigenvalue weighted by Gasteiger charge is 2.33. The van der Waals surface area contributed by atoms with Crippen molar-refractivity contribution in [3.05, 3.63) is 73.5 Å². The number of benzene rings is 2. The lowest BCUT2D eigenvalue weighted by atomic mass is 10.0. The van der Waals surface area contributed by atoms with Crippen LogP contribution >= 0.6 is 0 Å². The van der Waals surface area contributed by atoms with Crippen LogP contribution in [0.15, 0.2) is 67.6 Å². The third kappa shape index (κ3) is 6.64. The molecular weight excluding hydrogens is 596 g/mol. The average Bonchev–Trinajstić information content (AvgIpc) is 3.46. The second kappa shape index (κ2) is 13.5. The molecule has 0 aliphatic carbocycles. The molecule has 4 aromatic rings. The molecule has 46 heavy (non-hydrogen) atoms. The standard InChI is InChI=1S/C33H35F2N7O4/c1-4-32(43)41-11-8-20(9-12-41)39-28-15-23-27(16-29(28)44-2)37-19-38-33(23)40-26-6-5-21(13-24(26)34)46-22-7-10-36-31(14-22)42-17-25(35)30(18-42)45-3/h4-7,10,13-16,19-20,25,30,39H,1,8-9,11-12,17-18H2,2-3H3,(H,37,38,40)/t25-,30-/m1/s1/i2D3. The Labute approximate surface area is 269 Å². The Bertz CT molecular complexity index is 1840. The number of likely N-dealkylation sites (tertiary alicyclic amines) is 1. The van der Waals surface area contributed by atoms with E-state index in [9.17, 15) is 9.18 Å². The summed E-state index contributed by atoms with van der Waals surface area (Å²) in [6.07, 6.45) is 3.65. The Morgan fingerprint density at radius 2 is 1.91 bits per heavy atom. The Hall–Kier alpha value is -5.04. The highest BCUT2D eigenvalue weighted by Crippen LogP contribution is 2.35. The van der Waals surface area contributed by atoms with Gasteiger partial charge in [0, 0.05) is 62.6 Å². The van der Waals surface area contributed by atoms with Crippen molar-refractivity contribution in [2.75, 3.05) is 55.9 Å². The number of ether oxygens (including phenoxy) is 3. The molecule has 2 aromatic carbocycles. The fourth-order valence-electron chi connectivity index (χ4n) is 5.68. The Morgan fingerprint density at radius 1 is 1.09 bits per heavy atom. The summed E-state index contributed by atoms with van der Waals surface area (Å²) in [6, 6.07) is 10.7. The number of amides is 1. The number of halogens is 2. The van der Waals surface area contributed by atoms with Gasteiger partial charge >= 0.3 is 0 Å². The van der Waals surface area contributed by atoms with Gasteiger partial charge in [0.1, 0.15) is 53.3 Å². The number of aromatic nitrogens is 3. The molecule has 2 aromatic heterocycles. The number of hydrogen-bond donors (Lipinski definition) is 2. The summed E-state index contributed by atoms with van der Waals surface area (Å²) in [5.41, 5.74) is 0.872. The molecule has 0 radical (unpaired) electrons. The topological polar surface area (TPSA) is 114 Å². The zero-order chi connectivity index (χ0) is 34.7. The van der Waals surface area contributed by atoms with Crippen LogP contribution in [0.3, 0.4) is 0 Å². The summed E-state index contributed by atoms with van der Waals surface area (Å²) in [7, 11) is -1.25. The molecule has 0 spiro atoms. The second-order valence-corrected chi connectivity index (χ2v) is 11.1. The molecule has 0 saturated carbocycles. The van der Waals surface area contributed by atoms with Crippen LogP contribution in [0.2, 0.25) is 0 Å². The molecule has 2 atom stereocenters. The molecule has 4 heterocycles. The highest BCUT2D eigenvalue weighted by atomic mass is 19.1. The minimum absolute atomic E-state index is 0.0708. The number of nitrogens with zero attached hydrogens (tertiary/aromatic N) is 5. The molecule has 2 aliphatic heterocycles. The fraction of sp³-hybridized carbons (Fsp3) is 0.333. The third-order valence-electron chi connectivity index (χ3n) is 8.16. The molecule has 11 nitrogen and oxygen atoms in total. The number of hydrogen-bond acceptors (Lipinski definition) is 10. The number of piperidine rings is 1. The summed E-state index contributed by atoms with van der Waals surface area (Å²) in [6.45, 7) is 5.06. The maximum absolute atomic E-state index is 15.4. The molecule has 2 fully saturated rings. The van der Waals surface area contributed by atoms with E-state index in [0.29, 0.717) is 60.6 Å². The van der Waals surface area contributed by atoms with E-state index in [4.69, 9.17) is 18.3 Å². The Balaban J connectivity index is 1.21. The van der Waals surface area contributed by atoms with Gasteiger partial charge in [-0.2, -0.15) is 0 Å². The first-order chi connectivity index (χ1) is 23.5. The first-order valence-corrected chi connectivity index (χ1v) is 14.8. The summed E-state index contributed by atoms with van der Waals surface area (Å²) in [4.78, 5) is 28.4. The lowest BCUT2D eigenvalue weighted by Gasteiger charge is -2.32. The van der Waals surface area contributed by atoms with Crippen LogP contribution in [0.4, 0.5) is 31.8 Å². The molecular formula is C33H35F2N7O4. The number of methoxy groups -OCH3 is 2. The van der Waals surface area contributed by atoms with Crippen LogP contribution in [0.5, 0.6) is 17.2 Å². The second-order valence-electron chi connectivity index (χ2n) is 11.1. The number of carbonyl (C=O) groups is 1. The molecule has 240 valence electrons. The van der Waals surface area contributed by atoms with Gasteiger partial charge in [0.15, 0.2) is 0 Å². The van der Waals surface area contributed by atoms with Crippen LogP contribution in [0.25, 0.3) is 10.9 Å². The molecule has 0 bridgehead atoms. The van der Waals surface area contributed by atoms with Crippen LogP contribution in [-0.2, 0) is 9.53 Å². The van der Waals surface area contributed by atoms with E-state index >= 15 is 4.39 Å². The van der Waals surface area contributed by atoms with Gasteiger partial charge in [-0.3, -0.25) is 4.79 Å². The van der Waals surface area contributed by atoms with E-state index in [-0.39, 0.29) is 41.5 Å². The van der Waals surface area contributed by atoms with E-state index in [1.807, 2.05) is 0 Å². The Kier molecular flexibility index (Phi) is 8.02. The molecule has 2 aliphatic rings. The number of rotatable bonds is 10.